The molecule has 3 N–H and O–H groups in total. The number of anilines is 3. The van der Waals surface area contributed by atoms with Gasteiger partial charge in [0.2, 0.25) is 0 Å². The lowest BCUT2D eigenvalue weighted by Gasteiger charge is -2.33. The maximum absolute atomic E-state index is 11.7. The minimum Gasteiger partial charge on any atom is -0.478 e. The lowest BCUT2D eigenvalue weighted by Crippen LogP contribution is -2.36. The Balaban J connectivity index is 1.86. The summed E-state index contributed by atoms with van der Waals surface area (Å²) in [6, 6.07) is 10.1. The molecule has 6 nitrogen and oxygen atoms in total. The number of carboxylic acid groups (broad SMARTS) is 1. The molecule has 0 spiro atoms. The Morgan fingerprint density at radius 3 is 2.52 bits per heavy atom. The molecule has 0 saturated carbocycles. The van der Waals surface area contributed by atoms with Crippen LogP contribution in [0.25, 0.3) is 10.9 Å². The number of aromatic carboxylic acids is 1. The molecule has 1 aliphatic rings. The number of piperidine rings is 1. The second-order valence-electron chi connectivity index (χ2n) is 7.02. The number of hydrogen-bond donors (Lipinski definition) is 3. The summed E-state index contributed by atoms with van der Waals surface area (Å²) in [5.41, 5.74) is 2.79. The number of halogens is 2. The lowest BCUT2D eigenvalue weighted by molar-refractivity contribution is 0.0698. The molecule has 8 heteroatoms. The van der Waals surface area contributed by atoms with Crippen molar-refractivity contribution < 1.29 is 15.0 Å². The molecule has 0 aliphatic carbocycles. The van der Waals surface area contributed by atoms with Crippen LogP contribution in [0, 0.1) is 0 Å². The third-order valence-electron chi connectivity index (χ3n) is 5.09. The number of aromatic nitrogens is 1. The summed E-state index contributed by atoms with van der Waals surface area (Å²) in [5.74, 6) is -1.07. The zero-order valence-corrected chi connectivity index (χ0v) is 16.9. The second-order valence-corrected chi connectivity index (χ2v) is 7.89. The van der Waals surface area contributed by atoms with Crippen LogP contribution >= 0.6 is 23.2 Å². The van der Waals surface area contributed by atoms with Crippen molar-refractivity contribution in [3.05, 3.63) is 58.2 Å². The van der Waals surface area contributed by atoms with Crippen LogP contribution in [0.4, 0.5) is 17.1 Å². The summed E-state index contributed by atoms with van der Waals surface area (Å²) in [4.78, 5) is 18.4. The highest BCUT2D eigenvalue weighted by Gasteiger charge is 2.22. The summed E-state index contributed by atoms with van der Waals surface area (Å²) in [7, 11) is 0. The molecular formula is C21H19Cl2N3O3. The van der Waals surface area contributed by atoms with Gasteiger partial charge in [0.15, 0.2) is 0 Å². The zero-order chi connectivity index (χ0) is 20.5. The number of pyridine rings is 1. The normalized spacial score (nSPS) is 14.9. The number of rotatable bonds is 4. The van der Waals surface area contributed by atoms with Crippen LogP contribution < -0.4 is 10.2 Å². The first-order chi connectivity index (χ1) is 13.9. The van der Waals surface area contributed by atoms with Crippen molar-refractivity contribution in [3.8, 4) is 0 Å². The minimum absolute atomic E-state index is 0.0736. The number of nitrogens with one attached hydrogen (secondary N) is 1. The Morgan fingerprint density at radius 2 is 1.79 bits per heavy atom. The summed E-state index contributed by atoms with van der Waals surface area (Å²) < 4.78 is 0. The van der Waals surface area contributed by atoms with Gasteiger partial charge in [-0.3, -0.25) is 4.98 Å². The van der Waals surface area contributed by atoms with E-state index in [4.69, 9.17) is 23.2 Å². The third-order valence-corrected chi connectivity index (χ3v) is 5.56. The number of aliphatic hydroxyl groups excluding tert-OH is 1. The molecule has 4 rings (SSSR count). The van der Waals surface area contributed by atoms with Gasteiger partial charge >= 0.3 is 5.97 Å². The quantitative estimate of drug-likeness (QED) is 0.541. The van der Waals surface area contributed by atoms with Crippen molar-refractivity contribution in [2.45, 2.75) is 18.9 Å². The van der Waals surface area contributed by atoms with Gasteiger partial charge < -0.3 is 20.4 Å². The van der Waals surface area contributed by atoms with Crippen molar-refractivity contribution in [1.82, 2.24) is 4.98 Å². The van der Waals surface area contributed by atoms with E-state index in [0.29, 0.717) is 41.7 Å². The summed E-state index contributed by atoms with van der Waals surface area (Å²) >= 11 is 12.2. The molecule has 0 unspecified atom stereocenters. The predicted octanol–water partition coefficient (Wildman–Crippen LogP) is 4.94. The first kappa shape index (κ1) is 19.8. The van der Waals surface area contributed by atoms with Crippen molar-refractivity contribution >= 4 is 57.1 Å². The van der Waals surface area contributed by atoms with Crippen molar-refractivity contribution in [2.75, 3.05) is 23.3 Å². The van der Waals surface area contributed by atoms with Crippen molar-refractivity contribution in [3.63, 3.8) is 0 Å². The van der Waals surface area contributed by atoms with Gasteiger partial charge in [0, 0.05) is 28.5 Å². The van der Waals surface area contributed by atoms with E-state index in [1.165, 1.54) is 6.07 Å². The molecule has 1 aromatic heterocycles. The Labute approximate surface area is 177 Å². The van der Waals surface area contributed by atoms with Crippen molar-refractivity contribution in [2.24, 2.45) is 0 Å². The molecule has 150 valence electrons. The fraction of sp³-hybridized carbons (Fsp3) is 0.238. The first-order valence-corrected chi connectivity index (χ1v) is 9.99. The molecule has 0 amide bonds. The Kier molecular flexibility index (Phi) is 5.50. The number of aliphatic hydroxyl groups is 1. The fourth-order valence-electron chi connectivity index (χ4n) is 3.57. The maximum Gasteiger partial charge on any atom is 0.337 e. The molecule has 29 heavy (non-hydrogen) atoms. The highest BCUT2D eigenvalue weighted by Crippen LogP contribution is 2.38. The first-order valence-electron chi connectivity index (χ1n) is 9.23. The van der Waals surface area contributed by atoms with E-state index in [1.54, 1.807) is 24.4 Å². The van der Waals surface area contributed by atoms with Crippen molar-refractivity contribution in [1.29, 1.82) is 0 Å². The highest BCUT2D eigenvalue weighted by molar-refractivity contribution is 6.32. The molecular weight excluding hydrogens is 413 g/mol. The van der Waals surface area contributed by atoms with E-state index in [9.17, 15) is 15.0 Å². The Hall–Kier alpha value is -2.54. The van der Waals surface area contributed by atoms with Crippen LogP contribution in [0.1, 0.15) is 23.2 Å². The standard InChI is InChI=1S/C21H19Cl2N3O3/c22-12-1-3-17-15(9-12)20(19(11-24-17)26-7-5-14(27)6-8-26)25-18-4-2-13(23)10-16(18)21(28)29/h1-4,9-11,14,27H,5-8H2,(H,24,25)(H,28,29). The molecule has 0 bridgehead atoms. The third kappa shape index (κ3) is 4.10. The van der Waals surface area contributed by atoms with Gasteiger partial charge in [-0.05, 0) is 49.2 Å². The molecule has 1 saturated heterocycles. The number of carbonyl (C=O) groups is 1. The Bertz CT molecular complexity index is 1080. The molecule has 3 aromatic rings. The number of carboxylic acids is 1. The monoisotopic (exact) mass is 431 g/mol. The van der Waals surface area contributed by atoms with E-state index in [-0.39, 0.29) is 11.7 Å². The fourth-order valence-corrected chi connectivity index (χ4v) is 3.91. The average molecular weight is 432 g/mol. The predicted molar refractivity (Wildman–Crippen MR) is 116 cm³/mol. The van der Waals surface area contributed by atoms with Crippen LogP contribution in [0.15, 0.2) is 42.6 Å². The average Bonchev–Trinajstić information content (AvgIpc) is 2.70. The van der Waals surface area contributed by atoms with Gasteiger partial charge in [0.05, 0.1) is 40.4 Å². The number of hydrogen-bond acceptors (Lipinski definition) is 5. The van der Waals surface area contributed by atoms with Gasteiger partial charge in [-0.1, -0.05) is 23.2 Å². The highest BCUT2D eigenvalue weighted by atomic mass is 35.5. The van der Waals surface area contributed by atoms with Gasteiger partial charge in [-0.15, -0.1) is 0 Å². The van der Waals surface area contributed by atoms with E-state index in [0.717, 1.165) is 22.3 Å². The maximum atomic E-state index is 11.7. The van der Waals surface area contributed by atoms with E-state index in [2.05, 4.69) is 15.2 Å². The molecule has 2 heterocycles. The summed E-state index contributed by atoms with van der Waals surface area (Å²) in [6.07, 6.45) is 2.79. The van der Waals surface area contributed by atoms with Crippen LogP contribution in [-0.2, 0) is 0 Å². The SMILES string of the molecule is O=C(O)c1cc(Cl)ccc1Nc1c(N2CCC(O)CC2)cnc2ccc(Cl)cc12. The van der Waals surface area contributed by atoms with Gasteiger partial charge in [-0.25, -0.2) is 4.79 Å². The topological polar surface area (TPSA) is 85.7 Å². The molecule has 0 radical (unpaired) electrons. The molecule has 1 fully saturated rings. The van der Waals surface area contributed by atoms with E-state index >= 15 is 0 Å². The Morgan fingerprint density at radius 1 is 1.10 bits per heavy atom. The minimum atomic E-state index is -1.07. The van der Waals surface area contributed by atoms with Crippen LogP contribution in [0.2, 0.25) is 10.0 Å². The lowest BCUT2D eigenvalue weighted by atomic mass is 10.1. The molecule has 2 aromatic carbocycles. The summed E-state index contributed by atoms with van der Waals surface area (Å²) in [6.45, 7) is 1.35. The number of nitrogens with zero attached hydrogens (tertiary/aromatic N) is 2. The number of benzene rings is 2. The second kappa shape index (κ2) is 8.06. The summed E-state index contributed by atoms with van der Waals surface area (Å²) in [5, 5.41) is 24.4. The smallest absolute Gasteiger partial charge is 0.337 e. The van der Waals surface area contributed by atoms with E-state index < -0.39 is 5.97 Å². The van der Waals surface area contributed by atoms with Gasteiger partial charge in [0.1, 0.15) is 0 Å². The van der Waals surface area contributed by atoms with Crippen LogP contribution in [0.5, 0.6) is 0 Å². The van der Waals surface area contributed by atoms with Gasteiger partial charge in [0.25, 0.3) is 0 Å². The van der Waals surface area contributed by atoms with Gasteiger partial charge in [-0.2, -0.15) is 0 Å². The molecule has 1 aliphatic heterocycles. The zero-order valence-electron chi connectivity index (χ0n) is 15.4. The largest absolute Gasteiger partial charge is 0.478 e. The van der Waals surface area contributed by atoms with Crippen LogP contribution in [-0.4, -0.2) is 40.4 Å². The molecule has 0 atom stereocenters. The van der Waals surface area contributed by atoms with Crippen LogP contribution in [0.3, 0.4) is 0 Å². The number of fused-ring (bicyclic) bond motifs is 1. The van der Waals surface area contributed by atoms with E-state index in [1.807, 2.05) is 12.1 Å².